The van der Waals surface area contributed by atoms with Crippen LogP contribution in [0.4, 0.5) is 5.95 Å². The minimum Gasteiger partial charge on any atom is -0.467 e. The zero-order valence-electron chi connectivity index (χ0n) is 14.8. The van der Waals surface area contributed by atoms with Crippen molar-refractivity contribution in [2.24, 2.45) is 0 Å². The Labute approximate surface area is 165 Å². The normalized spacial score (nSPS) is 16.2. The molecule has 1 aliphatic rings. The minimum absolute atomic E-state index is 0.0344. The molecule has 138 valence electrons. The van der Waals surface area contributed by atoms with Gasteiger partial charge >= 0.3 is 0 Å². The summed E-state index contributed by atoms with van der Waals surface area (Å²) in [5, 5.41) is 9.12. The molecule has 3 aromatic rings. The van der Waals surface area contributed by atoms with E-state index in [1.807, 2.05) is 37.3 Å². The summed E-state index contributed by atoms with van der Waals surface area (Å²) in [6.07, 6.45) is 1.59. The standard InChI is InChI=1S/C19H17ClN4O2S/c1-11-16(12(2)25)17(15-8-5-9-26-15)24-18(21-11)22-19(23-24)27-10-13-6-3-4-7-14(13)20/h3-9,17H,10H2,1-2H3,(H,21,22,23). The van der Waals surface area contributed by atoms with Crippen LogP contribution in [0.15, 0.2) is 63.5 Å². The monoisotopic (exact) mass is 400 g/mol. The zero-order valence-corrected chi connectivity index (χ0v) is 16.3. The van der Waals surface area contributed by atoms with Crippen molar-refractivity contribution in [3.8, 4) is 0 Å². The van der Waals surface area contributed by atoms with Crippen LogP contribution in [0, 0.1) is 0 Å². The van der Waals surface area contributed by atoms with Crippen molar-refractivity contribution in [2.45, 2.75) is 30.8 Å². The van der Waals surface area contributed by atoms with Crippen LogP contribution in [-0.4, -0.2) is 20.5 Å². The summed E-state index contributed by atoms with van der Waals surface area (Å²) in [6, 6.07) is 10.9. The van der Waals surface area contributed by atoms with E-state index in [9.17, 15) is 4.79 Å². The van der Waals surface area contributed by atoms with Gasteiger partial charge in [0.25, 0.3) is 0 Å². The average Bonchev–Trinajstić information content (AvgIpc) is 3.29. The van der Waals surface area contributed by atoms with E-state index < -0.39 is 6.04 Å². The van der Waals surface area contributed by atoms with Crippen molar-refractivity contribution < 1.29 is 9.21 Å². The van der Waals surface area contributed by atoms with Gasteiger partial charge in [-0.05, 0) is 37.6 Å². The number of allylic oxidation sites excluding steroid dienone is 2. The predicted molar refractivity (Wildman–Crippen MR) is 105 cm³/mol. The second-order valence-corrected chi connectivity index (χ2v) is 7.53. The van der Waals surface area contributed by atoms with Crippen molar-refractivity contribution in [3.63, 3.8) is 0 Å². The number of furan rings is 1. The molecular formula is C19H17ClN4O2S. The van der Waals surface area contributed by atoms with Gasteiger partial charge in [-0.1, -0.05) is 41.6 Å². The third-order valence-corrected chi connectivity index (χ3v) is 5.59. The molecule has 0 aliphatic carbocycles. The Morgan fingerprint density at radius 1 is 1.33 bits per heavy atom. The SMILES string of the molecule is CC(=O)C1=C(C)Nc2nc(SCc3ccccc3Cl)nn2C1c1ccco1. The molecule has 0 spiro atoms. The van der Waals surface area contributed by atoms with Gasteiger partial charge in [0.2, 0.25) is 11.1 Å². The summed E-state index contributed by atoms with van der Waals surface area (Å²) < 4.78 is 7.29. The number of hydrogen-bond donors (Lipinski definition) is 1. The van der Waals surface area contributed by atoms with E-state index in [1.54, 1.807) is 23.9 Å². The lowest BCUT2D eigenvalue weighted by Gasteiger charge is -2.26. The van der Waals surface area contributed by atoms with E-state index in [1.165, 1.54) is 11.8 Å². The number of carbonyl (C=O) groups is 1. The van der Waals surface area contributed by atoms with E-state index in [0.29, 0.717) is 28.2 Å². The molecule has 1 aromatic carbocycles. The maximum Gasteiger partial charge on any atom is 0.227 e. The first kappa shape index (κ1) is 17.9. The number of Topliss-reactive ketones (excluding diaryl/α,β-unsaturated/α-hetero) is 1. The molecule has 0 bridgehead atoms. The molecule has 2 aromatic heterocycles. The van der Waals surface area contributed by atoms with E-state index in [-0.39, 0.29) is 5.78 Å². The number of carbonyl (C=O) groups excluding carboxylic acids is 1. The molecule has 27 heavy (non-hydrogen) atoms. The van der Waals surface area contributed by atoms with Crippen molar-refractivity contribution in [3.05, 3.63) is 70.3 Å². The number of ketones is 1. The van der Waals surface area contributed by atoms with Gasteiger partial charge in [-0.2, -0.15) is 4.98 Å². The Bertz CT molecular complexity index is 1030. The van der Waals surface area contributed by atoms with Crippen molar-refractivity contribution in [2.75, 3.05) is 5.32 Å². The van der Waals surface area contributed by atoms with Crippen molar-refractivity contribution in [1.29, 1.82) is 0 Å². The Hall–Kier alpha value is -2.51. The van der Waals surface area contributed by atoms with Gasteiger partial charge in [0.05, 0.1) is 6.26 Å². The number of nitrogens with zero attached hydrogens (tertiary/aromatic N) is 3. The molecule has 1 unspecified atom stereocenters. The van der Waals surface area contributed by atoms with Gasteiger partial charge in [0.15, 0.2) is 5.78 Å². The highest BCUT2D eigenvalue weighted by Crippen LogP contribution is 2.37. The smallest absolute Gasteiger partial charge is 0.227 e. The minimum atomic E-state index is -0.434. The summed E-state index contributed by atoms with van der Waals surface area (Å²) in [4.78, 5) is 16.8. The first-order chi connectivity index (χ1) is 13.0. The molecule has 1 aliphatic heterocycles. The molecule has 0 radical (unpaired) electrons. The van der Waals surface area contributed by atoms with Crippen LogP contribution in [0.5, 0.6) is 0 Å². The fourth-order valence-corrected chi connectivity index (χ4v) is 4.23. The van der Waals surface area contributed by atoms with E-state index in [0.717, 1.165) is 16.3 Å². The number of benzene rings is 1. The largest absolute Gasteiger partial charge is 0.467 e. The highest BCUT2D eigenvalue weighted by molar-refractivity contribution is 7.98. The number of thioether (sulfide) groups is 1. The summed E-state index contributed by atoms with van der Waals surface area (Å²) in [5.74, 6) is 1.85. The van der Waals surface area contributed by atoms with Crippen LogP contribution in [0.2, 0.25) is 5.02 Å². The molecule has 0 amide bonds. The molecule has 1 N–H and O–H groups in total. The van der Waals surface area contributed by atoms with Gasteiger partial charge < -0.3 is 9.73 Å². The van der Waals surface area contributed by atoms with Crippen molar-refractivity contribution >= 4 is 35.1 Å². The second kappa shape index (κ2) is 7.25. The quantitative estimate of drug-likeness (QED) is 0.626. The van der Waals surface area contributed by atoms with Gasteiger partial charge in [-0.3, -0.25) is 4.79 Å². The van der Waals surface area contributed by atoms with Gasteiger partial charge in [-0.25, -0.2) is 4.68 Å². The Kier molecular flexibility index (Phi) is 4.80. The predicted octanol–water partition coefficient (Wildman–Crippen LogP) is 4.69. The first-order valence-electron chi connectivity index (χ1n) is 8.39. The number of hydrogen-bond acceptors (Lipinski definition) is 6. The first-order valence-corrected chi connectivity index (χ1v) is 9.76. The maximum atomic E-state index is 12.3. The zero-order chi connectivity index (χ0) is 19.0. The molecule has 3 heterocycles. The van der Waals surface area contributed by atoms with Crippen LogP contribution in [0.25, 0.3) is 0 Å². The number of anilines is 1. The summed E-state index contributed by atoms with van der Waals surface area (Å²) in [5.41, 5.74) is 2.39. The fraction of sp³-hybridized carbons (Fsp3) is 0.211. The van der Waals surface area contributed by atoms with Crippen molar-refractivity contribution in [1.82, 2.24) is 14.8 Å². The molecule has 4 rings (SSSR count). The van der Waals surface area contributed by atoms with Gasteiger partial charge in [0.1, 0.15) is 11.8 Å². The van der Waals surface area contributed by atoms with Crippen LogP contribution in [0.3, 0.4) is 0 Å². The molecule has 0 saturated heterocycles. The average molecular weight is 401 g/mol. The molecular weight excluding hydrogens is 384 g/mol. The van der Waals surface area contributed by atoms with Crippen LogP contribution in [-0.2, 0) is 10.5 Å². The second-order valence-electron chi connectivity index (χ2n) is 6.18. The maximum absolute atomic E-state index is 12.3. The number of nitrogens with one attached hydrogen (secondary N) is 1. The summed E-state index contributed by atoms with van der Waals surface area (Å²) in [6.45, 7) is 3.41. The van der Waals surface area contributed by atoms with Gasteiger partial charge in [0, 0.05) is 22.0 Å². The third-order valence-electron chi connectivity index (χ3n) is 4.34. The molecule has 0 fully saturated rings. The number of fused-ring (bicyclic) bond motifs is 1. The lowest BCUT2D eigenvalue weighted by molar-refractivity contribution is -0.114. The van der Waals surface area contributed by atoms with E-state index in [4.69, 9.17) is 16.0 Å². The Morgan fingerprint density at radius 2 is 2.15 bits per heavy atom. The topological polar surface area (TPSA) is 73.0 Å². The van der Waals surface area contributed by atoms with Crippen LogP contribution in [0.1, 0.15) is 31.2 Å². The Morgan fingerprint density at radius 3 is 2.85 bits per heavy atom. The van der Waals surface area contributed by atoms with Crippen LogP contribution < -0.4 is 5.32 Å². The third kappa shape index (κ3) is 3.40. The van der Waals surface area contributed by atoms with Crippen LogP contribution >= 0.6 is 23.4 Å². The number of halogens is 1. The highest BCUT2D eigenvalue weighted by Gasteiger charge is 2.34. The molecule has 8 heteroatoms. The van der Waals surface area contributed by atoms with E-state index in [2.05, 4.69) is 15.4 Å². The summed E-state index contributed by atoms with van der Waals surface area (Å²) >= 11 is 7.72. The number of rotatable bonds is 5. The number of aromatic nitrogens is 3. The fourth-order valence-electron chi connectivity index (χ4n) is 3.12. The molecule has 6 nitrogen and oxygen atoms in total. The van der Waals surface area contributed by atoms with E-state index >= 15 is 0 Å². The van der Waals surface area contributed by atoms with Gasteiger partial charge in [-0.15, -0.1) is 5.10 Å². The lowest BCUT2D eigenvalue weighted by atomic mass is 9.98. The Balaban J connectivity index is 1.67. The molecule has 1 atom stereocenters. The highest BCUT2D eigenvalue weighted by atomic mass is 35.5. The summed E-state index contributed by atoms with van der Waals surface area (Å²) in [7, 11) is 0. The molecule has 0 saturated carbocycles. The lowest BCUT2D eigenvalue weighted by Crippen LogP contribution is -2.27.